The third kappa shape index (κ3) is 1.03. The summed E-state index contributed by atoms with van der Waals surface area (Å²) in [4.78, 5) is 21.6. The van der Waals surface area contributed by atoms with Gasteiger partial charge in [-0.2, -0.15) is 0 Å². The van der Waals surface area contributed by atoms with Gasteiger partial charge in [-0.05, 0) is 0 Å². The van der Waals surface area contributed by atoms with E-state index in [1.165, 1.54) is 6.07 Å². The number of rotatable bonds is 1. The maximum atomic E-state index is 11.1. The zero-order valence-corrected chi connectivity index (χ0v) is 6.56. The molecule has 0 spiro atoms. The molecule has 0 radical (unpaired) electrons. The number of cyclic esters (lactones) is 1. The average molecular weight is 178 g/mol. The minimum atomic E-state index is -1.23. The van der Waals surface area contributed by atoms with Gasteiger partial charge in [-0.1, -0.05) is 18.2 Å². The first-order chi connectivity index (χ1) is 6.24. The topological polar surface area (TPSA) is 63.6 Å². The van der Waals surface area contributed by atoms with Gasteiger partial charge in [0, 0.05) is 11.1 Å². The van der Waals surface area contributed by atoms with Gasteiger partial charge in [-0.25, -0.2) is 4.79 Å². The molecule has 4 heteroatoms. The molecule has 0 amide bonds. The molecule has 0 fully saturated rings. The van der Waals surface area contributed by atoms with Crippen molar-refractivity contribution in [3.63, 3.8) is 0 Å². The highest BCUT2D eigenvalue weighted by molar-refractivity contribution is 6.01. The summed E-state index contributed by atoms with van der Waals surface area (Å²) in [7, 11) is 0. The maximum absolute atomic E-state index is 11.1. The first-order valence-electron chi connectivity index (χ1n) is 3.71. The number of aliphatic hydroxyl groups is 1. The molecule has 1 aromatic rings. The minimum Gasteiger partial charge on any atom is -0.428 e. The standard InChI is InChI=1S/C9H6O4/c10-4-5-2-1-3-6-7(5)9(12)13-8(6)11/h1-4,8,11H. The highest BCUT2D eigenvalue weighted by Gasteiger charge is 2.31. The molecule has 0 bridgehead atoms. The van der Waals surface area contributed by atoms with Gasteiger partial charge < -0.3 is 9.84 Å². The van der Waals surface area contributed by atoms with E-state index in [2.05, 4.69) is 4.74 Å². The predicted molar refractivity (Wildman–Crippen MR) is 42.2 cm³/mol. The van der Waals surface area contributed by atoms with E-state index in [0.29, 0.717) is 11.8 Å². The van der Waals surface area contributed by atoms with Crippen LogP contribution in [0.15, 0.2) is 18.2 Å². The third-order valence-electron chi connectivity index (χ3n) is 1.94. The van der Waals surface area contributed by atoms with Crippen molar-refractivity contribution in [3.8, 4) is 0 Å². The number of benzene rings is 1. The number of esters is 1. The van der Waals surface area contributed by atoms with Crippen molar-refractivity contribution in [2.45, 2.75) is 6.29 Å². The van der Waals surface area contributed by atoms with Gasteiger partial charge in [-0.15, -0.1) is 0 Å². The summed E-state index contributed by atoms with van der Waals surface area (Å²) in [5.74, 6) is -0.648. The van der Waals surface area contributed by atoms with Gasteiger partial charge in [0.2, 0.25) is 6.29 Å². The summed E-state index contributed by atoms with van der Waals surface area (Å²) in [6.45, 7) is 0. The van der Waals surface area contributed by atoms with E-state index in [0.717, 1.165) is 0 Å². The van der Waals surface area contributed by atoms with Gasteiger partial charge in [0.15, 0.2) is 6.29 Å². The Bertz CT molecular complexity index is 383. The van der Waals surface area contributed by atoms with Crippen LogP contribution < -0.4 is 0 Å². The summed E-state index contributed by atoms with van der Waals surface area (Å²) in [6.07, 6.45) is -0.666. The Hall–Kier alpha value is -1.68. The van der Waals surface area contributed by atoms with Crippen LogP contribution in [-0.4, -0.2) is 17.4 Å². The number of fused-ring (bicyclic) bond motifs is 1. The van der Waals surface area contributed by atoms with Gasteiger partial charge in [-0.3, -0.25) is 4.79 Å². The highest BCUT2D eigenvalue weighted by atomic mass is 16.6. The molecule has 0 aliphatic carbocycles. The van der Waals surface area contributed by atoms with Crippen LogP contribution in [0.4, 0.5) is 0 Å². The van der Waals surface area contributed by atoms with E-state index in [4.69, 9.17) is 0 Å². The van der Waals surface area contributed by atoms with Crippen molar-refractivity contribution in [1.29, 1.82) is 0 Å². The van der Waals surface area contributed by atoms with Crippen molar-refractivity contribution in [1.82, 2.24) is 0 Å². The molecule has 66 valence electrons. The Morgan fingerprint density at radius 1 is 1.46 bits per heavy atom. The second-order valence-electron chi connectivity index (χ2n) is 2.69. The first kappa shape index (κ1) is 7.94. The number of hydrogen-bond donors (Lipinski definition) is 1. The summed E-state index contributed by atoms with van der Waals surface area (Å²) < 4.78 is 4.53. The molecule has 13 heavy (non-hydrogen) atoms. The highest BCUT2D eigenvalue weighted by Crippen LogP contribution is 2.29. The van der Waals surface area contributed by atoms with Gasteiger partial charge in [0.1, 0.15) is 0 Å². The van der Waals surface area contributed by atoms with E-state index in [9.17, 15) is 14.7 Å². The zero-order valence-electron chi connectivity index (χ0n) is 6.56. The fraction of sp³-hybridized carbons (Fsp3) is 0.111. The lowest BCUT2D eigenvalue weighted by molar-refractivity contribution is -0.0547. The van der Waals surface area contributed by atoms with Crippen LogP contribution in [-0.2, 0) is 4.74 Å². The van der Waals surface area contributed by atoms with E-state index in [1.54, 1.807) is 12.1 Å². The van der Waals surface area contributed by atoms with E-state index >= 15 is 0 Å². The lowest BCUT2D eigenvalue weighted by Crippen LogP contribution is -1.99. The number of carbonyl (C=O) groups excluding carboxylic acids is 2. The normalized spacial score (nSPS) is 19.5. The van der Waals surface area contributed by atoms with Crippen molar-refractivity contribution in [2.24, 2.45) is 0 Å². The monoisotopic (exact) mass is 178 g/mol. The van der Waals surface area contributed by atoms with E-state index in [-0.39, 0.29) is 11.1 Å². The number of ether oxygens (including phenoxy) is 1. The molecule has 1 unspecified atom stereocenters. The van der Waals surface area contributed by atoms with Crippen LogP contribution in [0.3, 0.4) is 0 Å². The van der Waals surface area contributed by atoms with Gasteiger partial charge >= 0.3 is 5.97 Å². The van der Waals surface area contributed by atoms with E-state index in [1.807, 2.05) is 0 Å². The Labute approximate surface area is 73.8 Å². The molecule has 4 nitrogen and oxygen atoms in total. The molecule has 1 aromatic carbocycles. The number of aldehydes is 1. The fourth-order valence-corrected chi connectivity index (χ4v) is 1.35. The van der Waals surface area contributed by atoms with Gasteiger partial charge in [0.25, 0.3) is 0 Å². The first-order valence-corrected chi connectivity index (χ1v) is 3.71. The fourth-order valence-electron chi connectivity index (χ4n) is 1.35. The lowest BCUT2D eigenvalue weighted by atomic mass is 10.0. The Morgan fingerprint density at radius 3 is 2.92 bits per heavy atom. The maximum Gasteiger partial charge on any atom is 0.341 e. The molecule has 1 atom stereocenters. The molecule has 1 aliphatic rings. The van der Waals surface area contributed by atoms with Crippen LogP contribution in [0.1, 0.15) is 32.6 Å². The van der Waals surface area contributed by atoms with Crippen LogP contribution in [0.5, 0.6) is 0 Å². The Morgan fingerprint density at radius 2 is 2.23 bits per heavy atom. The summed E-state index contributed by atoms with van der Waals surface area (Å²) in [5, 5.41) is 9.21. The summed E-state index contributed by atoms with van der Waals surface area (Å²) in [5.41, 5.74) is 0.777. The second-order valence-corrected chi connectivity index (χ2v) is 2.69. The molecular formula is C9H6O4. The second kappa shape index (κ2) is 2.67. The minimum absolute atomic E-state index is 0.171. The van der Waals surface area contributed by atoms with Crippen molar-refractivity contribution < 1.29 is 19.4 Å². The summed E-state index contributed by atoms with van der Waals surface area (Å²) >= 11 is 0. The largest absolute Gasteiger partial charge is 0.428 e. The molecule has 1 aliphatic heterocycles. The molecule has 0 aromatic heterocycles. The molecule has 1 N–H and O–H groups in total. The third-order valence-corrected chi connectivity index (χ3v) is 1.94. The van der Waals surface area contributed by atoms with E-state index < -0.39 is 12.3 Å². The molecular weight excluding hydrogens is 172 g/mol. The lowest BCUT2D eigenvalue weighted by Gasteiger charge is -1.99. The SMILES string of the molecule is O=Cc1cccc2c1C(=O)OC2O. The van der Waals surface area contributed by atoms with Gasteiger partial charge in [0.05, 0.1) is 5.56 Å². The zero-order chi connectivity index (χ0) is 9.42. The number of hydrogen-bond acceptors (Lipinski definition) is 4. The number of aliphatic hydroxyl groups excluding tert-OH is 1. The van der Waals surface area contributed by atoms with Crippen molar-refractivity contribution in [2.75, 3.05) is 0 Å². The molecule has 1 heterocycles. The molecule has 0 saturated heterocycles. The van der Waals surface area contributed by atoms with Crippen molar-refractivity contribution >= 4 is 12.3 Å². The quantitative estimate of drug-likeness (QED) is 0.506. The summed E-state index contributed by atoms with van der Waals surface area (Å²) in [6, 6.07) is 4.65. The Balaban J connectivity index is 2.68. The van der Waals surface area contributed by atoms with Crippen molar-refractivity contribution in [3.05, 3.63) is 34.9 Å². The average Bonchev–Trinajstić information content (AvgIpc) is 2.43. The van der Waals surface area contributed by atoms with Crippen LogP contribution in [0.2, 0.25) is 0 Å². The molecule has 2 rings (SSSR count). The van der Waals surface area contributed by atoms with Crippen LogP contribution >= 0.6 is 0 Å². The smallest absolute Gasteiger partial charge is 0.341 e. The molecule has 0 saturated carbocycles. The van der Waals surface area contributed by atoms with Crippen LogP contribution in [0.25, 0.3) is 0 Å². The Kier molecular flexibility index (Phi) is 1.63. The van der Waals surface area contributed by atoms with Crippen LogP contribution in [0, 0.1) is 0 Å². The number of carbonyl (C=O) groups is 2. The predicted octanol–water partition coefficient (Wildman–Crippen LogP) is 0.660.